The topological polar surface area (TPSA) is 77.1 Å². The first-order valence-electron chi connectivity index (χ1n) is 5.80. The van der Waals surface area contributed by atoms with Gasteiger partial charge in [0, 0.05) is 0 Å². The van der Waals surface area contributed by atoms with Crippen LogP contribution in [0.3, 0.4) is 0 Å². The molecule has 0 heterocycles. The molecule has 0 N–H and O–H groups in total. The van der Waals surface area contributed by atoms with Crippen molar-refractivity contribution in [3.63, 3.8) is 0 Å². The van der Waals surface area contributed by atoms with Gasteiger partial charge in [-0.1, -0.05) is 18.2 Å². The number of carbonyl (C=O) groups is 1. The average molecular weight is 257 g/mol. The SMILES string of the molecule is Cc1cccc(C)c1OCC(=O)N(CC#N)CC#N. The third-order valence-corrected chi connectivity index (χ3v) is 2.62. The van der Waals surface area contributed by atoms with Crippen LogP contribution in [0.1, 0.15) is 11.1 Å². The maximum Gasteiger partial charge on any atom is 0.262 e. The van der Waals surface area contributed by atoms with Gasteiger partial charge in [-0.15, -0.1) is 0 Å². The van der Waals surface area contributed by atoms with Crippen molar-refractivity contribution in [1.29, 1.82) is 10.5 Å². The van der Waals surface area contributed by atoms with E-state index < -0.39 is 0 Å². The Hall–Kier alpha value is -2.53. The summed E-state index contributed by atoms with van der Waals surface area (Å²) in [7, 11) is 0. The van der Waals surface area contributed by atoms with Gasteiger partial charge in [-0.2, -0.15) is 10.5 Å². The number of hydrogen-bond acceptors (Lipinski definition) is 4. The fraction of sp³-hybridized carbons (Fsp3) is 0.357. The number of carbonyl (C=O) groups excluding carboxylic acids is 1. The van der Waals surface area contributed by atoms with Crippen LogP contribution in [-0.2, 0) is 4.79 Å². The van der Waals surface area contributed by atoms with E-state index in [4.69, 9.17) is 15.3 Å². The molecule has 1 rings (SSSR count). The summed E-state index contributed by atoms with van der Waals surface area (Å²) in [5.74, 6) is 0.301. The molecule has 1 aromatic rings. The smallest absolute Gasteiger partial charge is 0.262 e. The Morgan fingerprint density at radius 2 is 1.74 bits per heavy atom. The number of benzene rings is 1. The highest BCUT2D eigenvalue weighted by Gasteiger charge is 2.14. The van der Waals surface area contributed by atoms with Crippen molar-refractivity contribution in [2.75, 3.05) is 19.7 Å². The molecule has 5 nitrogen and oxygen atoms in total. The molecule has 1 aromatic carbocycles. The van der Waals surface area contributed by atoms with E-state index in [2.05, 4.69) is 0 Å². The van der Waals surface area contributed by atoms with Crippen LogP contribution in [0, 0.1) is 36.5 Å². The van der Waals surface area contributed by atoms with E-state index >= 15 is 0 Å². The minimum Gasteiger partial charge on any atom is -0.483 e. The summed E-state index contributed by atoms with van der Waals surface area (Å²) in [5.41, 5.74) is 1.89. The molecular formula is C14H15N3O2. The zero-order chi connectivity index (χ0) is 14.3. The van der Waals surface area contributed by atoms with Crippen molar-refractivity contribution in [2.45, 2.75) is 13.8 Å². The summed E-state index contributed by atoms with van der Waals surface area (Å²) in [5, 5.41) is 17.2. The molecule has 0 aromatic heterocycles. The Morgan fingerprint density at radius 1 is 1.21 bits per heavy atom. The molecule has 0 saturated heterocycles. The Bertz CT molecular complexity index is 504. The highest BCUT2D eigenvalue weighted by Crippen LogP contribution is 2.22. The van der Waals surface area contributed by atoms with Gasteiger partial charge in [0.25, 0.3) is 5.91 Å². The van der Waals surface area contributed by atoms with Crippen LogP contribution in [0.2, 0.25) is 0 Å². The quantitative estimate of drug-likeness (QED) is 0.750. The average Bonchev–Trinajstić information content (AvgIpc) is 2.37. The summed E-state index contributed by atoms with van der Waals surface area (Å²) in [4.78, 5) is 13.0. The van der Waals surface area contributed by atoms with Crippen molar-refractivity contribution < 1.29 is 9.53 Å². The summed E-state index contributed by atoms with van der Waals surface area (Å²) < 4.78 is 5.49. The number of ether oxygens (including phenoxy) is 1. The third kappa shape index (κ3) is 4.01. The highest BCUT2D eigenvalue weighted by molar-refractivity contribution is 5.78. The number of aryl methyl sites for hydroxylation is 2. The fourth-order valence-corrected chi connectivity index (χ4v) is 1.65. The molecule has 1 amide bonds. The molecule has 19 heavy (non-hydrogen) atoms. The van der Waals surface area contributed by atoms with Gasteiger partial charge in [0.15, 0.2) is 6.61 Å². The maximum absolute atomic E-state index is 11.8. The molecule has 0 fully saturated rings. The van der Waals surface area contributed by atoms with Gasteiger partial charge >= 0.3 is 0 Å². The number of amides is 1. The minimum atomic E-state index is -0.370. The third-order valence-electron chi connectivity index (χ3n) is 2.62. The Balaban J connectivity index is 2.68. The van der Waals surface area contributed by atoms with E-state index in [-0.39, 0.29) is 25.6 Å². The van der Waals surface area contributed by atoms with Gasteiger partial charge in [-0.3, -0.25) is 4.79 Å². The first-order valence-corrected chi connectivity index (χ1v) is 5.80. The second-order valence-electron chi connectivity index (χ2n) is 4.08. The van der Waals surface area contributed by atoms with Crippen molar-refractivity contribution in [1.82, 2.24) is 4.90 Å². The van der Waals surface area contributed by atoms with E-state index in [0.717, 1.165) is 16.0 Å². The largest absolute Gasteiger partial charge is 0.483 e. The van der Waals surface area contributed by atoms with Crippen molar-refractivity contribution >= 4 is 5.91 Å². The normalized spacial score (nSPS) is 9.26. The molecule has 0 spiro atoms. The molecule has 0 aliphatic carbocycles. The standard InChI is InChI=1S/C14H15N3O2/c1-11-4-3-5-12(2)14(11)19-10-13(18)17(8-6-15)9-7-16/h3-5H,8-10H2,1-2H3. The Kier molecular flexibility index (Phi) is 5.37. The zero-order valence-corrected chi connectivity index (χ0v) is 11.0. The maximum atomic E-state index is 11.8. The monoisotopic (exact) mass is 257 g/mol. The van der Waals surface area contributed by atoms with E-state index in [1.807, 2.05) is 44.2 Å². The van der Waals surface area contributed by atoms with Gasteiger partial charge in [0.2, 0.25) is 0 Å². The summed E-state index contributed by atoms with van der Waals surface area (Å²) in [6.07, 6.45) is 0. The predicted octanol–water partition coefficient (Wildman–Crippen LogP) is 1.56. The van der Waals surface area contributed by atoms with E-state index in [0.29, 0.717) is 5.75 Å². The van der Waals surface area contributed by atoms with Gasteiger partial charge in [0.1, 0.15) is 18.8 Å². The molecular weight excluding hydrogens is 242 g/mol. The number of para-hydroxylation sites is 1. The molecule has 0 saturated carbocycles. The van der Waals surface area contributed by atoms with E-state index in [1.165, 1.54) is 0 Å². The van der Waals surface area contributed by atoms with Crippen molar-refractivity contribution in [3.05, 3.63) is 29.3 Å². The van der Waals surface area contributed by atoms with Crippen molar-refractivity contribution in [3.8, 4) is 17.9 Å². The summed E-state index contributed by atoms with van der Waals surface area (Å²) in [6, 6.07) is 9.42. The number of rotatable bonds is 5. The fourth-order valence-electron chi connectivity index (χ4n) is 1.65. The lowest BCUT2D eigenvalue weighted by atomic mass is 10.1. The molecule has 0 atom stereocenters. The van der Waals surface area contributed by atoms with Gasteiger partial charge in [0.05, 0.1) is 12.1 Å². The van der Waals surface area contributed by atoms with Crippen LogP contribution in [-0.4, -0.2) is 30.5 Å². The predicted molar refractivity (Wildman–Crippen MR) is 69.2 cm³/mol. The summed E-state index contributed by atoms with van der Waals surface area (Å²) >= 11 is 0. The van der Waals surface area contributed by atoms with Crippen LogP contribution in [0.4, 0.5) is 0 Å². The molecule has 0 aliphatic heterocycles. The minimum absolute atomic E-state index is 0.109. The lowest BCUT2D eigenvalue weighted by Crippen LogP contribution is -2.35. The molecule has 0 bridgehead atoms. The van der Waals surface area contributed by atoms with Gasteiger partial charge < -0.3 is 9.64 Å². The molecule has 0 aliphatic rings. The van der Waals surface area contributed by atoms with Crippen LogP contribution >= 0.6 is 0 Å². The Morgan fingerprint density at radius 3 is 2.21 bits per heavy atom. The highest BCUT2D eigenvalue weighted by atomic mass is 16.5. The van der Waals surface area contributed by atoms with Crippen LogP contribution < -0.4 is 4.74 Å². The van der Waals surface area contributed by atoms with Crippen molar-refractivity contribution in [2.24, 2.45) is 0 Å². The van der Waals surface area contributed by atoms with E-state index in [1.54, 1.807) is 0 Å². The van der Waals surface area contributed by atoms with Crippen LogP contribution in [0.5, 0.6) is 5.75 Å². The van der Waals surface area contributed by atoms with Gasteiger partial charge in [-0.25, -0.2) is 0 Å². The zero-order valence-electron chi connectivity index (χ0n) is 11.0. The molecule has 0 radical (unpaired) electrons. The lowest BCUT2D eigenvalue weighted by Gasteiger charge is -2.17. The second-order valence-corrected chi connectivity index (χ2v) is 4.08. The molecule has 0 unspecified atom stereocenters. The Labute approximate surface area is 112 Å². The second kappa shape index (κ2) is 7.03. The lowest BCUT2D eigenvalue weighted by molar-refractivity contribution is -0.132. The number of hydrogen-bond donors (Lipinski definition) is 0. The summed E-state index contributed by atoms with van der Waals surface area (Å²) in [6.45, 7) is 3.41. The van der Waals surface area contributed by atoms with Crippen LogP contribution in [0.15, 0.2) is 18.2 Å². The number of nitriles is 2. The van der Waals surface area contributed by atoms with Crippen LogP contribution in [0.25, 0.3) is 0 Å². The molecule has 5 heteroatoms. The molecule has 98 valence electrons. The first kappa shape index (κ1) is 14.5. The first-order chi connectivity index (χ1) is 9.10. The van der Waals surface area contributed by atoms with E-state index in [9.17, 15) is 4.79 Å². The van der Waals surface area contributed by atoms with Gasteiger partial charge in [-0.05, 0) is 25.0 Å². The number of nitrogens with zero attached hydrogens (tertiary/aromatic N) is 3.